The summed E-state index contributed by atoms with van der Waals surface area (Å²) in [7, 11) is -3.73. The molecule has 0 atom stereocenters. The summed E-state index contributed by atoms with van der Waals surface area (Å²) in [5.41, 5.74) is 0.978. The highest BCUT2D eigenvalue weighted by Gasteiger charge is 2.14. The van der Waals surface area contributed by atoms with Gasteiger partial charge in [0.05, 0.1) is 24.7 Å². The summed E-state index contributed by atoms with van der Waals surface area (Å²) in [6.45, 7) is 6.96. The van der Waals surface area contributed by atoms with Gasteiger partial charge in [-0.1, -0.05) is 41.2 Å². The Hall–Kier alpha value is -0.960. The number of aliphatic hydroxyl groups is 2. The molecule has 1 aromatic carbocycles. The summed E-state index contributed by atoms with van der Waals surface area (Å²) in [4.78, 5) is 21.8. The fourth-order valence-corrected chi connectivity index (χ4v) is 3.72. The number of thiol groups is 1. The van der Waals surface area contributed by atoms with Crippen molar-refractivity contribution in [2.24, 2.45) is 0 Å². The van der Waals surface area contributed by atoms with Crippen molar-refractivity contribution < 1.29 is 32.4 Å². The van der Waals surface area contributed by atoms with Gasteiger partial charge in [-0.2, -0.15) is 21.0 Å². The number of aliphatic hydroxyl groups excluding tert-OH is 2. The average molecular weight is 531 g/mol. The van der Waals surface area contributed by atoms with E-state index in [0.717, 1.165) is 29.1 Å². The molecule has 0 radical (unpaired) electrons. The van der Waals surface area contributed by atoms with Crippen LogP contribution in [-0.4, -0.2) is 79.3 Å². The second-order valence-corrected chi connectivity index (χ2v) is 9.79. The van der Waals surface area contributed by atoms with Gasteiger partial charge in [0.15, 0.2) is 0 Å². The molecule has 1 rings (SSSR count). The number of nitrogens with one attached hydrogen (secondary N) is 2. The first-order valence-electron chi connectivity index (χ1n) is 9.78. The van der Waals surface area contributed by atoms with Crippen molar-refractivity contribution in [2.75, 3.05) is 50.2 Å². The summed E-state index contributed by atoms with van der Waals surface area (Å²) in [6, 6.07) is 6.42. The molecular weight excluding hydrogens is 496 g/mol. The van der Waals surface area contributed by atoms with Crippen molar-refractivity contribution in [1.29, 1.82) is 0 Å². The van der Waals surface area contributed by atoms with Crippen molar-refractivity contribution in [3.8, 4) is 0 Å². The van der Waals surface area contributed by atoms with E-state index >= 15 is 0 Å². The predicted molar refractivity (Wildman–Crippen MR) is 135 cm³/mol. The minimum absolute atomic E-state index is 0.0298. The number of carbonyl (C=O) groups excluding carboxylic acids is 2. The fraction of sp³-hybridized carbons (Fsp3) is 0.579. The van der Waals surface area contributed by atoms with Gasteiger partial charge < -0.3 is 20.8 Å². The summed E-state index contributed by atoms with van der Waals surface area (Å²) >= 11 is 5.77. The number of benzene rings is 1. The van der Waals surface area contributed by atoms with Gasteiger partial charge in [-0.3, -0.25) is 13.8 Å². The van der Waals surface area contributed by atoms with E-state index < -0.39 is 10.1 Å². The third-order valence-electron chi connectivity index (χ3n) is 2.93. The Morgan fingerprint density at radius 3 is 1.84 bits per heavy atom. The molecule has 4 N–H and O–H groups in total. The molecule has 2 amide bonds. The minimum atomic E-state index is -3.73. The Morgan fingerprint density at radius 2 is 1.44 bits per heavy atom. The van der Waals surface area contributed by atoms with Crippen molar-refractivity contribution in [2.45, 2.75) is 25.7 Å². The van der Waals surface area contributed by atoms with Gasteiger partial charge in [0.2, 0.25) is 0 Å². The van der Waals surface area contributed by atoms with Gasteiger partial charge in [-0.05, 0) is 32.9 Å². The maximum Gasteiger partial charge on any atom is 0.296 e. The number of amides is 2. The maximum absolute atomic E-state index is 11.8. The summed E-state index contributed by atoms with van der Waals surface area (Å²) in [5.74, 6) is 1.34. The van der Waals surface area contributed by atoms with Gasteiger partial charge in [0.1, 0.15) is 0 Å². The molecule has 0 saturated carbocycles. The van der Waals surface area contributed by atoms with Crippen LogP contribution in [0.2, 0.25) is 0 Å². The van der Waals surface area contributed by atoms with Crippen LogP contribution >= 0.6 is 36.2 Å². The average Bonchev–Trinajstić information content (AvgIpc) is 2.76. The molecule has 1 aromatic rings. The zero-order chi connectivity index (χ0) is 24.8. The zero-order valence-corrected chi connectivity index (χ0v) is 21.9. The van der Waals surface area contributed by atoms with E-state index in [4.69, 9.17) is 14.4 Å². The molecule has 0 aromatic heterocycles. The molecular formula is C19H34N2O7S4. The fourth-order valence-electron chi connectivity index (χ4n) is 1.58. The third-order valence-corrected chi connectivity index (χ3v) is 6.03. The molecule has 13 heteroatoms. The highest BCUT2D eigenvalue weighted by molar-refractivity contribution is 8.13. The van der Waals surface area contributed by atoms with Crippen LogP contribution in [0.15, 0.2) is 29.2 Å². The van der Waals surface area contributed by atoms with E-state index in [-0.39, 0.29) is 40.9 Å². The molecule has 0 aliphatic rings. The Labute approximate surface area is 205 Å². The van der Waals surface area contributed by atoms with Gasteiger partial charge >= 0.3 is 0 Å². The maximum atomic E-state index is 11.8. The van der Waals surface area contributed by atoms with E-state index in [0.29, 0.717) is 24.6 Å². The van der Waals surface area contributed by atoms with Crippen molar-refractivity contribution in [1.82, 2.24) is 10.6 Å². The van der Waals surface area contributed by atoms with E-state index in [9.17, 15) is 18.0 Å². The second-order valence-electron chi connectivity index (χ2n) is 5.59. The standard InChI is InChI=1S/C12H17NO4S2.C5H11NO2S.C2H6OS/c1-3-13-12(14)18-9-8-17-19(15,16)11-6-4-10(2)5-7-11;1-2-6-5(8)9-4-3-7;3-1-2-4/h4-7H,3,8-9H2,1-2H3,(H,13,14);7H,2-4H2,1H3,(H,6,8);3-4H,1-2H2. The first kappa shape index (κ1) is 33.2. The number of aryl methyl sites for hydroxylation is 1. The van der Waals surface area contributed by atoms with Crippen LogP contribution in [0.5, 0.6) is 0 Å². The van der Waals surface area contributed by atoms with Crippen LogP contribution in [0.1, 0.15) is 19.4 Å². The van der Waals surface area contributed by atoms with E-state index in [1.54, 1.807) is 12.1 Å². The SMILES string of the molecule is CCNC(=O)SCCO.CCNC(=O)SCCOS(=O)(=O)c1ccc(C)cc1.OCCS. The predicted octanol–water partition coefficient (Wildman–Crippen LogP) is 2.51. The van der Waals surface area contributed by atoms with E-state index in [1.165, 1.54) is 12.1 Å². The van der Waals surface area contributed by atoms with Gasteiger partial charge in [0, 0.05) is 30.3 Å². The quantitative estimate of drug-likeness (QED) is 0.175. The first-order valence-corrected chi connectivity index (χ1v) is 13.8. The summed E-state index contributed by atoms with van der Waals surface area (Å²) in [5, 5.41) is 21.0. The number of thioether (sulfide) groups is 2. The monoisotopic (exact) mass is 530 g/mol. The molecule has 0 heterocycles. The van der Waals surface area contributed by atoms with Crippen LogP contribution in [-0.2, 0) is 14.3 Å². The lowest BCUT2D eigenvalue weighted by Crippen LogP contribution is -2.19. The zero-order valence-electron chi connectivity index (χ0n) is 18.6. The van der Waals surface area contributed by atoms with Crippen LogP contribution in [0.4, 0.5) is 9.59 Å². The molecule has 0 aliphatic carbocycles. The Morgan fingerprint density at radius 1 is 0.969 bits per heavy atom. The molecule has 0 bridgehead atoms. The second kappa shape index (κ2) is 21.9. The lowest BCUT2D eigenvalue weighted by molar-refractivity contribution is 0.260. The van der Waals surface area contributed by atoms with Crippen molar-refractivity contribution in [3.63, 3.8) is 0 Å². The van der Waals surface area contributed by atoms with Crippen molar-refractivity contribution in [3.05, 3.63) is 29.8 Å². The molecule has 0 fully saturated rings. The molecule has 0 aliphatic heterocycles. The highest BCUT2D eigenvalue weighted by Crippen LogP contribution is 2.13. The van der Waals surface area contributed by atoms with Crippen LogP contribution in [0.25, 0.3) is 0 Å². The third kappa shape index (κ3) is 19.7. The summed E-state index contributed by atoms with van der Waals surface area (Å²) < 4.78 is 28.4. The van der Waals surface area contributed by atoms with E-state index in [2.05, 4.69) is 23.3 Å². The number of hydrogen-bond acceptors (Lipinski definition) is 10. The van der Waals surface area contributed by atoms with Crippen molar-refractivity contribution >= 4 is 56.7 Å². The van der Waals surface area contributed by atoms with Gasteiger partial charge in [0.25, 0.3) is 20.6 Å². The Bertz CT molecular complexity index is 715. The van der Waals surface area contributed by atoms with Gasteiger partial charge in [-0.15, -0.1) is 0 Å². The largest absolute Gasteiger partial charge is 0.396 e. The Kier molecular flexibility index (Phi) is 22.7. The molecule has 0 unspecified atom stereocenters. The summed E-state index contributed by atoms with van der Waals surface area (Å²) in [6.07, 6.45) is 0. The van der Waals surface area contributed by atoms with Crippen LogP contribution < -0.4 is 10.6 Å². The molecule has 0 saturated heterocycles. The van der Waals surface area contributed by atoms with Crippen LogP contribution in [0.3, 0.4) is 0 Å². The Balaban J connectivity index is 0. The van der Waals surface area contributed by atoms with E-state index in [1.807, 2.05) is 20.8 Å². The first-order chi connectivity index (χ1) is 15.2. The molecule has 186 valence electrons. The normalized spacial score (nSPS) is 10.2. The highest BCUT2D eigenvalue weighted by atomic mass is 32.2. The topological polar surface area (TPSA) is 142 Å². The smallest absolute Gasteiger partial charge is 0.296 e. The number of rotatable bonds is 10. The molecule has 32 heavy (non-hydrogen) atoms. The molecule has 0 spiro atoms. The lowest BCUT2D eigenvalue weighted by atomic mass is 10.2. The van der Waals surface area contributed by atoms with Crippen LogP contribution in [0, 0.1) is 6.92 Å². The minimum Gasteiger partial charge on any atom is -0.396 e. The number of hydrogen-bond donors (Lipinski definition) is 5. The van der Waals surface area contributed by atoms with Gasteiger partial charge in [-0.25, -0.2) is 0 Å². The molecule has 9 nitrogen and oxygen atoms in total. The number of carbonyl (C=O) groups is 2. The lowest BCUT2D eigenvalue weighted by Gasteiger charge is -2.05.